The van der Waals surface area contributed by atoms with Crippen molar-refractivity contribution in [3.8, 4) is 5.75 Å². The zero-order valence-electron chi connectivity index (χ0n) is 13.3. The van der Waals surface area contributed by atoms with E-state index in [9.17, 15) is 0 Å². The highest BCUT2D eigenvalue weighted by Gasteiger charge is 2.09. The molecule has 2 aromatic rings. The molecule has 3 heteroatoms. The van der Waals surface area contributed by atoms with Gasteiger partial charge in [0.1, 0.15) is 12.4 Å². The molecule has 1 aromatic carbocycles. The molecule has 0 amide bonds. The summed E-state index contributed by atoms with van der Waals surface area (Å²) < 4.78 is 5.96. The highest BCUT2D eigenvalue weighted by molar-refractivity contribution is 5.32. The molecule has 0 spiro atoms. The van der Waals surface area contributed by atoms with Gasteiger partial charge >= 0.3 is 0 Å². The number of benzene rings is 1. The molecule has 0 aliphatic carbocycles. The van der Waals surface area contributed by atoms with Crippen molar-refractivity contribution in [2.24, 2.45) is 5.73 Å². The zero-order valence-corrected chi connectivity index (χ0v) is 13.3. The van der Waals surface area contributed by atoms with Crippen molar-refractivity contribution in [2.45, 2.75) is 46.8 Å². The SMILES string of the molecule is Cc1ccc(OCc2ccc(C)c(C)c2)c(CC(C)N)n1. The van der Waals surface area contributed by atoms with E-state index < -0.39 is 0 Å². The molecule has 112 valence electrons. The second-order valence-electron chi connectivity index (χ2n) is 5.79. The Labute approximate surface area is 127 Å². The number of nitrogens with two attached hydrogens (primary N) is 1. The van der Waals surface area contributed by atoms with Gasteiger partial charge < -0.3 is 10.5 Å². The molecule has 0 bridgehead atoms. The zero-order chi connectivity index (χ0) is 15.4. The van der Waals surface area contributed by atoms with Gasteiger partial charge in [-0.3, -0.25) is 4.98 Å². The number of pyridine rings is 1. The van der Waals surface area contributed by atoms with E-state index in [0.717, 1.165) is 23.6 Å². The van der Waals surface area contributed by atoms with Gasteiger partial charge in [-0.15, -0.1) is 0 Å². The Morgan fingerprint density at radius 3 is 2.52 bits per heavy atom. The second-order valence-corrected chi connectivity index (χ2v) is 5.79. The van der Waals surface area contributed by atoms with Crippen LogP contribution in [0.25, 0.3) is 0 Å². The van der Waals surface area contributed by atoms with E-state index in [1.165, 1.54) is 16.7 Å². The topological polar surface area (TPSA) is 48.1 Å². The van der Waals surface area contributed by atoms with Crippen LogP contribution in [0.1, 0.15) is 35.0 Å². The molecule has 21 heavy (non-hydrogen) atoms. The van der Waals surface area contributed by atoms with E-state index in [1.807, 2.05) is 26.0 Å². The smallest absolute Gasteiger partial charge is 0.141 e. The van der Waals surface area contributed by atoms with Crippen LogP contribution in [0.3, 0.4) is 0 Å². The largest absolute Gasteiger partial charge is 0.487 e. The third-order valence-electron chi connectivity index (χ3n) is 3.55. The molecule has 3 nitrogen and oxygen atoms in total. The Balaban J connectivity index is 2.13. The standard InChI is InChI=1S/C18H24N2O/c1-12-5-7-16(9-13(12)2)11-21-18-8-6-15(4)20-17(18)10-14(3)19/h5-9,14H,10-11,19H2,1-4H3. The first kappa shape index (κ1) is 15.5. The summed E-state index contributed by atoms with van der Waals surface area (Å²) in [7, 11) is 0. The molecular formula is C18H24N2O. The molecule has 1 aromatic heterocycles. The van der Waals surface area contributed by atoms with E-state index in [-0.39, 0.29) is 6.04 Å². The lowest BCUT2D eigenvalue weighted by Gasteiger charge is -2.13. The number of hydrogen-bond donors (Lipinski definition) is 1. The number of hydrogen-bond acceptors (Lipinski definition) is 3. The van der Waals surface area contributed by atoms with E-state index in [1.54, 1.807) is 0 Å². The number of rotatable bonds is 5. The molecule has 0 saturated carbocycles. The van der Waals surface area contributed by atoms with Crippen LogP contribution in [0, 0.1) is 20.8 Å². The number of aromatic nitrogens is 1. The van der Waals surface area contributed by atoms with Gasteiger partial charge in [0.05, 0.1) is 5.69 Å². The van der Waals surface area contributed by atoms with Crippen molar-refractivity contribution in [3.05, 3.63) is 58.4 Å². The Kier molecular flexibility index (Phi) is 4.97. The summed E-state index contributed by atoms with van der Waals surface area (Å²) in [5, 5.41) is 0. The lowest BCUT2D eigenvalue weighted by Crippen LogP contribution is -2.19. The van der Waals surface area contributed by atoms with Crippen molar-refractivity contribution >= 4 is 0 Å². The quantitative estimate of drug-likeness (QED) is 0.914. The van der Waals surface area contributed by atoms with Crippen molar-refractivity contribution in [1.29, 1.82) is 0 Å². The van der Waals surface area contributed by atoms with Crippen molar-refractivity contribution < 1.29 is 4.74 Å². The molecule has 0 saturated heterocycles. The summed E-state index contributed by atoms with van der Waals surface area (Å²) in [6.07, 6.45) is 0.726. The summed E-state index contributed by atoms with van der Waals surface area (Å²) in [4.78, 5) is 4.55. The van der Waals surface area contributed by atoms with Gasteiger partial charge in [-0.1, -0.05) is 18.2 Å². The van der Waals surface area contributed by atoms with Crippen LogP contribution >= 0.6 is 0 Å². The lowest BCUT2D eigenvalue weighted by molar-refractivity contribution is 0.300. The molecule has 1 unspecified atom stereocenters. The normalized spacial score (nSPS) is 12.2. The third-order valence-corrected chi connectivity index (χ3v) is 3.55. The molecule has 0 aliphatic rings. The maximum atomic E-state index is 5.96. The fourth-order valence-corrected chi connectivity index (χ4v) is 2.23. The van der Waals surface area contributed by atoms with Crippen LogP contribution in [0.5, 0.6) is 5.75 Å². The monoisotopic (exact) mass is 284 g/mol. The van der Waals surface area contributed by atoms with Gasteiger partial charge in [-0.25, -0.2) is 0 Å². The van der Waals surface area contributed by atoms with E-state index in [4.69, 9.17) is 10.5 Å². The van der Waals surface area contributed by atoms with E-state index >= 15 is 0 Å². The van der Waals surface area contributed by atoms with Crippen LogP contribution in [-0.4, -0.2) is 11.0 Å². The van der Waals surface area contributed by atoms with Gasteiger partial charge in [-0.2, -0.15) is 0 Å². The minimum Gasteiger partial charge on any atom is -0.487 e. The summed E-state index contributed by atoms with van der Waals surface area (Å²) in [5.74, 6) is 0.830. The highest BCUT2D eigenvalue weighted by Crippen LogP contribution is 2.20. The highest BCUT2D eigenvalue weighted by atomic mass is 16.5. The lowest BCUT2D eigenvalue weighted by atomic mass is 10.1. The first-order valence-electron chi connectivity index (χ1n) is 7.36. The molecule has 1 atom stereocenters. The molecule has 0 radical (unpaired) electrons. The van der Waals surface area contributed by atoms with Crippen LogP contribution in [0.2, 0.25) is 0 Å². The Hall–Kier alpha value is -1.87. The van der Waals surface area contributed by atoms with Crippen LogP contribution in [-0.2, 0) is 13.0 Å². The molecule has 2 rings (SSSR count). The minimum absolute atomic E-state index is 0.0725. The summed E-state index contributed by atoms with van der Waals surface area (Å²) in [6.45, 7) is 8.76. The maximum Gasteiger partial charge on any atom is 0.141 e. The molecule has 1 heterocycles. The van der Waals surface area contributed by atoms with Gasteiger partial charge in [-0.05, 0) is 56.5 Å². The van der Waals surface area contributed by atoms with Crippen LogP contribution in [0.4, 0.5) is 0 Å². The Morgan fingerprint density at radius 1 is 1.10 bits per heavy atom. The number of aryl methyl sites for hydroxylation is 3. The molecular weight excluding hydrogens is 260 g/mol. The number of nitrogens with zero attached hydrogens (tertiary/aromatic N) is 1. The Morgan fingerprint density at radius 2 is 1.86 bits per heavy atom. The average molecular weight is 284 g/mol. The maximum absolute atomic E-state index is 5.96. The first-order valence-corrected chi connectivity index (χ1v) is 7.36. The summed E-state index contributed by atoms with van der Waals surface area (Å²) >= 11 is 0. The van der Waals surface area contributed by atoms with Crippen molar-refractivity contribution in [3.63, 3.8) is 0 Å². The van der Waals surface area contributed by atoms with Gasteiger partial charge in [0.25, 0.3) is 0 Å². The van der Waals surface area contributed by atoms with Crippen LogP contribution < -0.4 is 10.5 Å². The molecule has 2 N–H and O–H groups in total. The minimum atomic E-state index is 0.0725. The van der Waals surface area contributed by atoms with Crippen molar-refractivity contribution in [2.75, 3.05) is 0 Å². The third kappa shape index (κ3) is 4.30. The van der Waals surface area contributed by atoms with E-state index in [2.05, 4.69) is 37.0 Å². The summed E-state index contributed by atoms with van der Waals surface area (Å²) in [6, 6.07) is 10.4. The Bertz CT molecular complexity index is 621. The van der Waals surface area contributed by atoms with Gasteiger partial charge in [0, 0.05) is 18.2 Å². The van der Waals surface area contributed by atoms with Crippen molar-refractivity contribution in [1.82, 2.24) is 4.98 Å². The average Bonchev–Trinajstić information content (AvgIpc) is 2.41. The fraction of sp³-hybridized carbons (Fsp3) is 0.389. The second kappa shape index (κ2) is 6.72. The van der Waals surface area contributed by atoms with E-state index in [0.29, 0.717) is 6.61 Å². The first-order chi connectivity index (χ1) is 9.95. The van der Waals surface area contributed by atoms with Crippen LogP contribution in [0.15, 0.2) is 30.3 Å². The predicted octanol–water partition coefficient (Wildman–Crippen LogP) is 3.48. The van der Waals surface area contributed by atoms with Gasteiger partial charge in [0.2, 0.25) is 0 Å². The predicted molar refractivity (Wildman–Crippen MR) is 86.6 cm³/mol. The van der Waals surface area contributed by atoms with Gasteiger partial charge in [0.15, 0.2) is 0 Å². The fourth-order valence-electron chi connectivity index (χ4n) is 2.23. The number of ether oxygens (including phenoxy) is 1. The summed E-state index contributed by atoms with van der Waals surface area (Å²) in [5.41, 5.74) is 11.6. The molecule has 0 fully saturated rings. The molecule has 0 aliphatic heterocycles.